The summed E-state index contributed by atoms with van der Waals surface area (Å²) in [5.74, 6) is -0.0932. The second-order valence-corrected chi connectivity index (χ2v) is 6.80. The van der Waals surface area contributed by atoms with E-state index in [1.165, 1.54) is 11.3 Å². The predicted molar refractivity (Wildman–Crippen MR) is 77.0 cm³/mol. The molecule has 0 bridgehead atoms. The van der Waals surface area contributed by atoms with Crippen molar-refractivity contribution in [2.45, 2.75) is 18.4 Å². The van der Waals surface area contributed by atoms with Gasteiger partial charge in [0.15, 0.2) is 0 Å². The highest BCUT2D eigenvalue weighted by Gasteiger charge is 2.34. The largest absolute Gasteiger partial charge is 0.394 e. The van der Waals surface area contributed by atoms with Gasteiger partial charge in [0, 0.05) is 22.6 Å². The van der Waals surface area contributed by atoms with Gasteiger partial charge in [-0.1, -0.05) is 0 Å². The molecule has 1 aliphatic rings. The van der Waals surface area contributed by atoms with Crippen molar-refractivity contribution in [2.24, 2.45) is 0 Å². The molecule has 3 heterocycles. The number of rotatable bonds is 3. The summed E-state index contributed by atoms with van der Waals surface area (Å²) in [4.78, 5) is 13.0. The summed E-state index contributed by atoms with van der Waals surface area (Å²) in [7, 11) is 0. The van der Waals surface area contributed by atoms with Crippen LogP contribution in [0, 0.1) is 0 Å². The van der Waals surface area contributed by atoms with Crippen molar-refractivity contribution in [1.29, 1.82) is 0 Å². The maximum atomic E-state index is 12.3. The number of amides is 1. The quantitative estimate of drug-likeness (QED) is 0.913. The van der Waals surface area contributed by atoms with Crippen LogP contribution in [0.15, 0.2) is 17.5 Å². The number of fused-ring (bicyclic) bond motifs is 1. The Labute approximate surface area is 119 Å². The maximum absolute atomic E-state index is 12.3. The van der Waals surface area contributed by atoms with Crippen molar-refractivity contribution < 1.29 is 14.6 Å². The third-order valence-corrected chi connectivity index (χ3v) is 5.59. The van der Waals surface area contributed by atoms with E-state index < -0.39 is 5.54 Å². The number of nitrogens with one attached hydrogen (secondary N) is 1. The third kappa shape index (κ3) is 2.53. The zero-order valence-electron chi connectivity index (χ0n) is 10.3. The normalized spacial score (nSPS) is 18.6. The molecule has 102 valence electrons. The second-order valence-electron chi connectivity index (χ2n) is 4.76. The predicted octanol–water partition coefficient (Wildman–Crippen LogP) is 2.23. The van der Waals surface area contributed by atoms with E-state index in [9.17, 15) is 9.90 Å². The van der Waals surface area contributed by atoms with Crippen LogP contribution in [-0.2, 0) is 4.74 Å². The van der Waals surface area contributed by atoms with Crippen LogP contribution in [0.4, 0.5) is 0 Å². The fourth-order valence-electron chi connectivity index (χ4n) is 2.26. The summed E-state index contributed by atoms with van der Waals surface area (Å²) < 4.78 is 7.57. The number of carbonyl (C=O) groups is 1. The van der Waals surface area contributed by atoms with E-state index in [2.05, 4.69) is 5.32 Å². The molecule has 6 heteroatoms. The van der Waals surface area contributed by atoms with Crippen molar-refractivity contribution in [3.8, 4) is 0 Å². The number of aliphatic hydroxyl groups is 1. The van der Waals surface area contributed by atoms with Crippen LogP contribution in [0.2, 0.25) is 0 Å². The Kier molecular flexibility index (Phi) is 3.58. The van der Waals surface area contributed by atoms with Crippen molar-refractivity contribution in [2.75, 3.05) is 19.8 Å². The van der Waals surface area contributed by atoms with E-state index in [0.717, 1.165) is 9.40 Å². The SMILES string of the molecule is O=C(NC1(CO)CCOCC1)c1cc2sccc2s1. The lowest BCUT2D eigenvalue weighted by atomic mass is 9.91. The Hall–Kier alpha value is -0.950. The Balaban J connectivity index is 1.78. The number of thiophene rings is 2. The van der Waals surface area contributed by atoms with Gasteiger partial charge in [-0.2, -0.15) is 0 Å². The van der Waals surface area contributed by atoms with Crippen LogP contribution >= 0.6 is 22.7 Å². The average molecular weight is 297 g/mol. The number of ether oxygens (including phenoxy) is 1. The number of hydrogen-bond acceptors (Lipinski definition) is 5. The molecule has 1 saturated heterocycles. The van der Waals surface area contributed by atoms with Crippen molar-refractivity contribution in [3.05, 3.63) is 22.4 Å². The minimum atomic E-state index is -0.521. The average Bonchev–Trinajstić information content (AvgIpc) is 3.00. The standard InChI is InChI=1S/C13H15NO3S2/c15-8-13(2-4-17-5-3-13)14-12(16)11-7-10-9(19-11)1-6-18-10/h1,6-7,15H,2-5,8H2,(H,14,16). The summed E-state index contributed by atoms with van der Waals surface area (Å²) in [5, 5.41) is 14.6. The van der Waals surface area contributed by atoms with Gasteiger partial charge in [-0.15, -0.1) is 22.7 Å². The van der Waals surface area contributed by atoms with Gasteiger partial charge in [0.1, 0.15) is 0 Å². The Morgan fingerprint density at radius 3 is 2.89 bits per heavy atom. The van der Waals surface area contributed by atoms with E-state index in [-0.39, 0.29) is 12.5 Å². The summed E-state index contributed by atoms with van der Waals surface area (Å²) >= 11 is 3.13. The Morgan fingerprint density at radius 1 is 1.42 bits per heavy atom. The Bertz CT molecular complexity index is 555. The molecule has 2 aromatic rings. The summed E-state index contributed by atoms with van der Waals surface area (Å²) in [6.45, 7) is 1.13. The molecule has 0 aromatic carbocycles. The molecule has 1 fully saturated rings. The molecule has 0 unspecified atom stereocenters. The lowest BCUT2D eigenvalue weighted by Gasteiger charge is -2.36. The molecular formula is C13H15NO3S2. The molecule has 0 saturated carbocycles. The maximum Gasteiger partial charge on any atom is 0.261 e. The number of hydrogen-bond donors (Lipinski definition) is 2. The molecule has 19 heavy (non-hydrogen) atoms. The van der Waals surface area contributed by atoms with Crippen LogP contribution in [0.25, 0.3) is 9.40 Å². The first-order valence-electron chi connectivity index (χ1n) is 6.21. The molecule has 3 rings (SSSR count). The molecule has 0 aliphatic carbocycles. The van der Waals surface area contributed by atoms with E-state index in [0.29, 0.717) is 30.9 Å². The van der Waals surface area contributed by atoms with Gasteiger partial charge >= 0.3 is 0 Å². The summed E-state index contributed by atoms with van der Waals surface area (Å²) in [5.41, 5.74) is -0.521. The molecule has 2 N–H and O–H groups in total. The van der Waals surface area contributed by atoms with E-state index >= 15 is 0 Å². The van der Waals surface area contributed by atoms with Gasteiger partial charge in [-0.25, -0.2) is 0 Å². The van der Waals surface area contributed by atoms with Gasteiger partial charge in [0.2, 0.25) is 0 Å². The van der Waals surface area contributed by atoms with E-state index in [1.54, 1.807) is 11.3 Å². The zero-order valence-corrected chi connectivity index (χ0v) is 12.0. The minimum Gasteiger partial charge on any atom is -0.394 e. The van der Waals surface area contributed by atoms with Crippen LogP contribution in [0.3, 0.4) is 0 Å². The molecule has 0 spiro atoms. The van der Waals surface area contributed by atoms with Crippen LogP contribution in [0.1, 0.15) is 22.5 Å². The molecule has 0 radical (unpaired) electrons. The molecule has 1 aliphatic heterocycles. The van der Waals surface area contributed by atoms with Crippen molar-refractivity contribution >= 4 is 38.0 Å². The second kappa shape index (κ2) is 5.20. The van der Waals surface area contributed by atoms with Crippen molar-refractivity contribution in [1.82, 2.24) is 5.32 Å². The molecule has 2 aromatic heterocycles. The molecular weight excluding hydrogens is 282 g/mol. The summed E-state index contributed by atoms with van der Waals surface area (Å²) in [6.07, 6.45) is 1.32. The Morgan fingerprint density at radius 2 is 2.21 bits per heavy atom. The van der Waals surface area contributed by atoms with E-state index in [4.69, 9.17) is 4.74 Å². The van der Waals surface area contributed by atoms with Crippen LogP contribution < -0.4 is 5.32 Å². The highest BCUT2D eigenvalue weighted by molar-refractivity contribution is 7.27. The fourth-order valence-corrected chi connectivity index (χ4v) is 4.27. The fraction of sp³-hybridized carbons (Fsp3) is 0.462. The molecule has 0 atom stereocenters. The van der Waals surface area contributed by atoms with Crippen LogP contribution in [-0.4, -0.2) is 36.4 Å². The number of carbonyl (C=O) groups excluding carboxylic acids is 1. The first kappa shape index (κ1) is 13.1. The lowest BCUT2D eigenvalue weighted by molar-refractivity contribution is 0.0126. The topological polar surface area (TPSA) is 58.6 Å². The van der Waals surface area contributed by atoms with Gasteiger partial charge < -0.3 is 15.2 Å². The molecule has 4 nitrogen and oxygen atoms in total. The third-order valence-electron chi connectivity index (χ3n) is 3.49. The van der Waals surface area contributed by atoms with Gasteiger partial charge in [-0.3, -0.25) is 4.79 Å². The first-order valence-corrected chi connectivity index (χ1v) is 7.90. The van der Waals surface area contributed by atoms with Gasteiger partial charge in [-0.05, 0) is 30.4 Å². The summed E-state index contributed by atoms with van der Waals surface area (Å²) in [6, 6.07) is 3.95. The smallest absolute Gasteiger partial charge is 0.261 e. The number of aliphatic hydroxyl groups excluding tert-OH is 1. The highest BCUT2D eigenvalue weighted by atomic mass is 32.1. The highest BCUT2D eigenvalue weighted by Crippen LogP contribution is 2.30. The monoisotopic (exact) mass is 297 g/mol. The van der Waals surface area contributed by atoms with Crippen molar-refractivity contribution in [3.63, 3.8) is 0 Å². The first-order chi connectivity index (χ1) is 9.22. The van der Waals surface area contributed by atoms with Gasteiger partial charge in [0.25, 0.3) is 5.91 Å². The minimum absolute atomic E-state index is 0.0398. The van der Waals surface area contributed by atoms with E-state index in [1.807, 2.05) is 17.5 Å². The lowest BCUT2D eigenvalue weighted by Crippen LogP contribution is -2.54. The van der Waals surface area contributed by atoms with Crippen LogP contribution in [0.5, 0.6) is 0 Å². The van der Waals surface area contributed by atoms with Gasteiger partial charge in [0.05, 0.1) is 17.0 Å². The molecule has 1 amide bonds. The zero-order chi connectivity index (χ0) is 13.3.